The van der Waals surface area contributed by atoms with Gasteiger partial charge in [-0.3, -0.25) is 9.69 Å². The average molecular weight is 334 g/mol. The van der Waals surface area contributed by atoms with Crippen molar-refractivity contribution in [2.24, 2.45) is 18.9 Å². The molecule has 7 nitrogen and oxygen atoms in total. The quantitative estimate of drug-likeness (QED) is 0.856. The Labute approximate surface area is 142 Å². The van der Waals surface area contributed by atoms with E-state index in [1.165, 1.54) is 0 Å². The molecule has 1 aromatic rings. The molecule has 3 aliphatic rings. The monoisotopic (exact) mass is 334 g/mol. The number of rotatable bonds is 4. The minimum absolute atomic E-state index is 0.126. The lowest BCUT2D eigenvalue weighted by Crippen LogP contribution is -2.48. The molecule has 4 rings (SSSR count). The molecule has 132 valence electrons. The van der Waals surface area contributed by atoms with Crippen molar-refractivity contribution < 1.29 is 14.3 Å². The Kier molecular flexibility index (Phi) is 4.56. The van der Waals surface area contributed by atoms with Crippen molar-refractivity contribution in [3.05, 3.63) is 18.2 Å². The van der Waals surface area contributed by atoms with Crippen LogP contribution in [0, 0.1) is 11.8 Å². The maximum atomic E-state index is 12.2. The van der Waals surface area contributed by atoms with Crippen LogP contribution in [0.1, 0.15) is 23.5 Å². The number of hydrogen-bond acceptors (Lipinski definition) is 5. The van der Waals surface area contributed by atoms with E-state index in [1.54, 1.807) is 17.0 Å². The highest BCUT2D eigenvalue weighted by Gasteiger charge is 2.42. The molecule has 0 bridgehead atoms. The highest BCUT2D eigenvalue weighted by molar-refractivity contribution is 5.90. The van der Waals surface area contributed by atoms with Gasteiger partial charge in [-0.15, -0.1) is 0 Å². The number of amides is 1. The number of ether oxygens (including phenoxy) is 2. The Hall–Kier alpha value is -1.44. The first-order chi connectivity index (χ1) is 11.7. The maximum absolute atomic E-state index is 12.2. The Morgan fingerprint density at radius 3 is 3.08 bits per heavy atom. The van der Waals surface area contributed by atoms with Crippen LogP contribution in [0.15, 0.2) is 12.4 Å². The molecule has 0 saturated carbocycles. The van der Waals surface area contributed by atoms with Gasteiger partial charge in [-0.2, -0.15) is 0 Å². The summed E-state index contributed by atoms with van der Waals surface area (Å²) in [4.78, 5) is 18.9. The molecule has 3 aliphatic heterocycles. The second-order valence-corrected chi connectivity index (χ2v) is 7.17. The molecular formula is C17H26N4O3. The second-order valence-electron chi connectivity index (χ2n) is 7.17. The van der Waals surface area contributed by atoms with Crippen LogP contribution in [0.3, 0.4) is 0 Å². The first kappa shape index (κ1) is 16.1. The van der Waals surface area contributed by atoms with Gasteiger partial charge in [0.1, 0.15) is 0 Å². The molecule has 0 spiro atoms. The van der Waals surface area contributed by atoms with Crippen LogP contribution in [0.25, 0.3) is 0 Å². The van der Waals surface area contributed by atoms with Crippen LogP contribution in [0.4, 0.5) is 0 Å². The summed E-state index contributed by atoms with van der Waals surface area (Å²) in [6.07, 6.45) is 5.84. The van der Waals surface area contributed by atoms with Gasteiger partial charge in [0.25, 0.3) is 5.91 Å². The van der Waals surface area contributed by atoms with Gasteiger partial charge < -0.3 is 19.4 Å². The fraction of sp³-hybridized carbons (Fsp3) is 0.765. The van der Waals surface area contributed by atoms with Crippen molar-refractivity contribution in [3.63, 3.8) is 0 Å². The number of imidazole rings is 1. The Morgan fingerprint density at radius 1 is 1.42 bits per heavy atom. The number of hydrogen-bond donors (Lipinski definition) is 1. The fourth-order valence-electron chi connectivity index (χ4n) is 4.32. The third-order valence-corrected chi connectivity index (χ3v) is 5.74. The van der Waals surface area contributed by atoms with Crippen LogP contribution in [0.5, 0.6) is 0 Å². The lowest BCUT2D eigenvalue weighted by molar-refractivity contribution is 0.0680. The van der Waals surface area contributed by atoms with E-state index in [4.69, 9.17) is 9.47 Å². The second kappa shape index (κ2) is 6.82. The first-order valence-electron chi connectivity index (χ1n) is 8.91. The normalized spacial score (nSPS) is 33.5. The molecule has 1 amide bonds. The summed E-state index contributed by atoms with van der Waals surface area (Å²) < 4.78 is 13.3. The lowest BCUT2D eigenvalue weighted by atomic mass is 9.83. The SMILES string of the molecule is Cn1ccnc1C(=O)NC[C@@H]1OC[C@H]2CN(C3CCOC3)CC[C@H]21. The number of aromatic nitrogens is 2. The molecule has 1 N–H and O–H groups in total. The Balaban J connectivity index is 1.29. The third-order valence-electron chi connectivity index (χ3n) is 5.74. The zero-order valence-corrected chi connectivity index (χ0v) is 14.2. The summed E-state index contributed by atoms with van der Waals surface area (Å²) in [5.74, 6) is 1.44. The molecular weight excluding hydrogens is 308 g/mol. The van der Waals surface area contributed by atoms with Gasteiger partial charge in [0.05, 0.1) is 19.3 Å². The van der Waals surface area contributed by atoms with Gasteiger partial charge in [0.15, 0.2) is 5.82 Å². The summed E-state index contributed by atoms with van der Waals surface area (Å²) in [5, 5.41) is 2.99. The van der Waals surface area contributed by atoms with Crippen molar-refractivity contribution in [3.8, 4) is 0 Å². The molecule has 24 heavy (non-hydrogen) atoms. The number of fused-ring (bicyclic) bond motifs is 1. The van der Waals surface area contributed by atoms with Crippen LogP contribution in [0.2, 0.25) is 0 Å². The van der Waals surface area contributed by atoms with E-state index in [-0.39, 0.29) is 12.0 Å². The van der Waals surface area contributed by atoms with Crippen molar-refractivity contribution >= 4 is 5.91 Å². The minimum atomic E-state index is -0.130. The standard InChI is InChI=1S/C17H26N4O3/c1-20-6-4-18-16(20)17(22)19-8-15-14-2-5-21(9-12(14)10-24-15)13-3-7-23-11-13/h4,6,12-15H,2-3,5,7-11H2,1H3,(H,19,22)/t12-,13?,14-,15+/m1/s1. The predicted molar refractivity (Wildman–Crippen MR) is 87.7 cm³/mol. The van der Waals surface area contributed by atoms with Gasteiger partial charge in [-0.25, -0.2) is 4.98 Å². The molecule has 0 radical (unpaired) electrons. The van der Waals surface area contributed by atoms with Gasteiger partial charge in [0, 0.05) is 51.1 Å². The average Bonchev–Trinajstić information content (AvgIpc) is 3.33. The van der Waals surface area contributed by atoms with Gasteiger partial charge in [-0.05, 0) is 25.3 Å². The van der Waals surface area contributed by atoms with Crippen molar-refractivity contribution in [2.75, 3.05) is 39.5 Å². The molecule has 3 saturated heterocycles. The number of piperidine rings is 1. The van der Waals surface area contributed by atoms with E-state index in [0.29, 0.717) is 30.2 Å². The van der Waals surface area contributed by atoms with Gasteiger partial charge in [-0.1, -0.05) is 0 Å². The van der Waals surface area contributed by atoms with Crippen LogP contribution in [-0.2, 0) is 16.5 Å². The van der Waals surface area contributed by atoms with Gasteiger partial charge >= 0.3 is 0 Å². The highest BCUT2D eigenvalue weighted by Crippen LogP contribution is 2.35. The number of nitrogens with zero attached hydrogens (tertiary/aromatic N) is 3. The summed E-state index contributed by atoms with van der Waals surface area (Å²) in [6, 6.07) is 0.591. The van der Waals surface area contributed by atoms with Crippen LogP contribution in [-0.4, -0.2) is 72.0 Å². The molecule has 0 aromatic carbocycles. The zero-order valence-electron chi connectivity index (χ0n) is 14.2. The van der Waals surface area contributed by atoms with E-state index in [1.807, 2.05) is 7.05 Å². The summed E-state index contributed by atoms with van der Waals surface area (Å²) in [5.41, 5.74) is 0. The summed E-state index contributed by atoms with van der Waals surface area (Å²) >= 11 is 0. The lowest BCUT2D eigenvalue weighted by Gasteiger charge is -2.38. The molecule has 4 heterocycles. The highest BCUT2D eigenvalue weighted by atomic mass is 16.5. The topological polar surface area (TPSA) is 68.6 Å². The molecule has 1 aromatic heterocycles. The predicted octanol–water partition coefficient (Wildman–Crippen LogP) is 0.276. The molecule has 0 aliphatic carbocycles. The summed E-state index contributed by atoms with van der Waals surface area (Å²) in [6.45, 7) is 5.36. The number of carbonyl (C=O) groups excluding carboxylic acids is 1. The zero-order chi connectivity index (χ0) is 16.5. The number of aryl methyl sites for hydroxylation is 1. The van der Waals surface area contributed by atoms with E-state index in [2.05, 4.69) is 15.2 Å². The minimum Gasteiger partial charge on any atom is -0.380 e. The van der Waals surface area contributed by atoms with E-state index in [9.17, 15) is 4.79 Å². The van der Waals surface area contributed by atoms with Gasteiger partial charge in [0.2, 0.25) is 0 Å². The van der Waals surface area contributed by atoms with Crippen molar-refractivity contribution in [1.29, 1.82) is 0 Å². The van der Waals surface area contributed by atoms with Crippen molar-refractivity contribution in [2.45, 2.75) is 25.0 Å². The van der Waals surface area contributed by atoms with E-state index >= 15 is 0 Å². The molecule has 7 heteroatoms. The molecule has 3 fully saturated rings. The summed E-state index contributed by atoms with van der Waals surface area (Å²) in [7, 11) is 1.83. The van der Waals surface area contributed by atoms with E-state index < -0.39 is 0 Å². The molecule has 4 atom stereocenters. The Bertz CT molecular complexity index is 584. The van der Waals surface area contributed by atoms with Crippen LogP contribution >= 0.6 is 0 Å². The Morgan fingerprint density at radius 2 is 2.33 bits per heavy atom. The number of nitrogens with one attached hydrogen (secondary N) is 1. The largest absolute Gasteiger partial charge is 0.380 e. The van der Waals surface area contributed by atoms with Crippen molar-refractivity contribution in [1.82, 2.24) is 19.8 Å². The number of likely N-dealkylation sites (tertiary alicyclic amines) is 1. The number of carbonyl (C=O) groups is 1. The molecule has 1 unspecified atom stereocenters. The fourth-order valence-corrected chi connectivity index (χ4v) is 4.32. The third kappa shape index (κ3) is 3.08. The van der Waals surface area contributed by atoms with Crippen LogP contribution < -0.4 is 5.32 Å². The smallest absolute Gasteiger partial charge is 0.287 e. The van der Waals surface area contributed by atoms with E-state index in [0.717, 1.165) is 45.8 Å². The first-order valence-corrected chi connectivity index (χ1v) is 8.91. The maximum Gasteiger partial charge on any atom is 0.287 e.